The number of amides is 1. The summed E-state index contributed by atoms with van der Waals surface area (Å²) in [4.78, 5) is 12.7. The van der Waals surface area contributed by atoms with E-state index in [9.17, 15) is 4.79 Å². The molecule has 0 spiro atoms. The van der Waals surface area contributed by atoms with E-state index >= 15 is 0 Å². The van der Waals surface area contributed by atoms with Crippen LogP contribution in [-0.4, -0.2) is 19.1 Å². The highest BCUT2D eigenvalue weighted by Gasteiger charge is 2.16. The third kappa shape index (κ3) is 2.63. The Hall–Kier alpha value is -2.01. The van der Waals surface area contributed by atoms with Gasteiger partial charge in [-0.2, -0.15) is 0 Å². The zero-order chi connectivity index (χ0) is 13.9. The first-order valence-electron chi connectivity index (χ1n) is 6.48. The molecule has 1 aliphatic heterocycles. The lowest BCUT2D eigenvalue weighted by Crippen LogP contribution is -2.26. The van der Waals surface area contributed by atoms with E-state index in [0.717, 1.165) is 21.9 Å². The van der Waals surface area contributed by atoms with Crippen LogP contribution in [0.25, 0.3) is 0 Å². The minimum Gasteiger partial charge on any atom is -0.486 e. The molecule has 1 aliphatic rings. The molecule has 1 aromatic heterocycles. The van der Waals surface area contributed by atoms with Gasteiger partial charge in [-0.25, -0.2) is 0 Å². The lowest BCUT2D eigenvalue weighted by molar-refractivity contribution is 0.0944. The van der Waals surface area contributed by atoms with E-state index in [1.165, 1.54) is 11.3 Å². The first-order chi connectivity index (χ1) is 9.74. The Kier molecular flexibility index (Phi) is 3.60. The lowest BCUT2D eigenvalue weighted by atomic mass is 10.1. The van der Waals surface area contributed by atoms with Gasteiger partial charge in [-0.1, -0.05) is 12.1 Å². The summed E-state index contributed by atoms with van der Waals surface area (Å²) in [5, 5.41) is 4.87. The Morgan fingerprint density at radius 1 is 1.25 bits per heavy atom. The molecular formula is C15H15NO3S. The quantitative estimate of drug-likeness (QED) is 0.945. The van der Waals surface area contributed by atoms with E-state index in [1.807, 2.05) is 42.6 Å². The van der Waals surface area contributed by atoms with Crippen molar-refractivity contribution in [2.75, 3.05) is 13.2 Å². The van der Waals surface area contributed by atoms with E-state index in [4.69, 9.17) is 9.47 Å². The molecule has 0 aliphatic carbocycles. The second kappa shape index (κ2) is 5.54. The average molecular weight is 289 g/mol. The third-order valence-electron chi connectivity index (χ3n) is 3.16. The number of rotatable bonds is 3. The molecule has 0 saturated carbocycles. The summed E-state index contributed by atoms with van der Waals surface area (Å²) in [5.74, 6) is 1.45. The van der Waals surface area contributed by atoms with Gasteiger partial charge in [-0.15, -0.1) is 11.3 Å². The molecule has 0 fully saturated rings. The number of nitrogens with one attached hydrogen (secondary N) is 1. The molecule has 3 rings (SSSR count). The molecule has 0 radical (unpaired) electrons. The number of hydrogen-bond acceptors (Lipinski definition) is 4. The maximum absolute atomic E-state index is 12.0. The van der Waals surface area contributed by atoms with Gasteiger partial charge in [0.1, 0.15) is 13.2 Å². The van der Waals surface area contributed by atoms with Crippen molar-refractivity contribution >= 4 is 17.2 Å². The number of benzene rings is 1. The molecule has 1 N–H and O–H groups in total. The van der Waals surface area contributed by atoms with E-state index in [1.54, 1.807) is 0 Å². The highest BCUT2D eigenvalue weighted by Crippen LogP contribution is 2.32. The summed E-state index contributed by atoms with van der Waals surface area (Å²) in [6.45, 7) is 3.10. The largest absolute Gasteiger partial charge is 0.486 e. The highest BCUT2D eigenvalue weighted by atomic mass is 32.1. The van der Waals surface area contributed by atoms with Crippen LogP contribution >= 0.6 is 11.3 Å². The first kappa shape index (κ1) is 13.0. The molecule has 0 unspecified atom stereocenters. The summed E-state index contributed by atoms with van der Waals surface area (Å²) in [7, 11) is 0. The zero-order valence-corrected chi connectivity index (χ0v) is 11.9. The molecule has 2 heterocycles. The van der Waals surface area contributed by atoms with Crippen LogP contribution in [0.2, 0.25) is 0 Å². The van der Waals surface area contributed by atoms with Gasteiger partial charge in [0.05, 0.1) is 10.9 Å². The zero-order valence-electron chi connectivity index (χ0n) is 11.1. The van der Waals surface area contributed by atoms with Crippen molar-refractivity contribution in [3.05, 3.63) is 46.2 Å². The van der Waals surface area contributed by atoms with Crippen molar-refractivity contribution in [1.82, 2.24) is 5.32 Å². The minimum absolute atomic E-state index is 0.0533. The van der Waals surface area contributed by atoms with Crippen LogP contribution in [-0.2, 0) is 0 Å². The number of hydrogen-bond donors (Lipinski definition) is 1. The van der Waals surface area contributed by atoms with Crippen LogP contribution in [0.5, 0.6) is 11.5 Å². The Bertz CT molecular complexity index is 610. The van der Waals surface area contributed by atoms with Gasteiger partial charge in [0, 0.05) is 0 Å². The van der Waals surface area contributed by atoms with E-state index < -0.39 is 0 Å². The molecule has 1 amide bonds. The fourth-order valence-electron chi connectivity index (χ4n) is 2.09. The molecule has 1 aromatic carbocycles. The van der Waals surface area contributed by atoms with Crippen molar-refractivity contribution in [3.63, 3.8) is 0 Å². The van der Waals surface area contributed by atoms with E-state index in [2.05, 4.69) is 5.32 Å². The lowest BCUT2D eigenvalue weighted by Gasteiger charge is -2.21. The number of fused-ring (bicyclic) bond motifs is 1. The van der Waals surface area contributed by atoms with Crippen LogP contribution in [0.4, 0.5) is 0 Å². The molecular weight excluding hydrogens is 274 g/mol. The number of carbonyl (C=O) groups excluding carboxylic acids is 1. The minimum atomic E-state index is -0.0829. The Balaban J connectivity index is 1.74. The van der Waals surface area contributed by atoms with Crippen LogP contribution < -0.4 is 14.8 Å². The van der Waals surface area contributed by atoms with Gasteiger partial charge in [0.2, 0.25) is 0 Å². The van der Waals surface area contributed by atoms with Crippen LogP contribution in [0, 0.1) is 0 Å². The predicted octanol–water partition coefficient (Wildman–Crippen LogP) is 3.01. The van der Waals surface area contributed by atoms with Crippen molar-refractivity contribution < 1.29 is 14.3 Å². The van der Waals surface area contributed by atoms with Crippen LogP contribution in [0.3, 0.4) is 0 Å². The Morgan fingerprint density at radius 3 is 2.80 bits per heavy atom. The first-order valence-corrected chi connectivity index (χ1v) is 7.36. The van der Waals surface area contributed by atoms with Crippen LogP contribution in [0.15, 0.2) is 35.7 Å². The molecule has 2 aromatic rings. The number of carbonyl (C=O) groups is 1. The van der Waals surface area contributed by atoms with Gasteiger partial charge in [-0.3, -0.25) is 4.79 Å². The predicted molar refractivity (Wildman–Crippen MR) is 77.6 cm³/mol. The maximum atomic E-state index is 12.0. The van der Waals surface area contributed by atoms with Crippen molar-refractivity contribution in [1.29, 1.82) is 0 Å². The molecule has 5 heteroatoms. The fourth-order valence-corrected chi connectivity index (χ4v) is 2.71. The maximum Gasteiger partial charge on any atom is 0.261 e. The molecule has 4 nitrogen and oxygen atoms in total. The standard InChI is InChI=1S/C15H15NO3S/c1-10(16-15(17)14-3-2-8-20-14)11-4-5-12-13(9-11)19-7-6-18-12/h2-5,8-10H,6-7H2,1H3,(H,16,17)/t10-/m1/s1. The van der Waals surface area contributed by atoms with Gasteiger partial charge in [0.15, 0.2) is 11.5 Å². The fraction of sp³-hybridized carbons (Fsp3) is 0.267. The Labute approximate surface area is 121 Å². The molecule has 104 valence electrons. The monoisotopic (exact) mass is 289 g/mol. The van der Waals surface area contributed by atoms with Gasteiger partial charge in [-0.05, 0) is 36.1 Å². The molecule has 1 atom stereocenters. The SMILES string of the molecule is C[C@@H](NC(=O)c1cccs1)c1ccc2c(c1)OCCO2. The Morgan fingerprint density at radius 2 is 2.05 bits per heavy atom. The average Bonchev–Trinajstić information content (AvgIpc) is 3.01. The normalized spacial score (nSPS) is 14.7. The topological polar surface area (TPSA) is 47.6 Å². The second-order valence-corrected chi connectivity index (χ2v) is 5.52. The molecule has 0 bridgehead atoms. The number of thiophene rings is 1. The smallest absolute Gasteiger partial charge is 0.261 e. The summed E-state index contributed by atoms with van der Waals surface area (Å²) >= 11 is 1.43. The number of ether oxygens (including phenoxy) is 2. The van der Waals surface area contributed by atoms with Gasteiger partial charge >= 0.3 is 0 Å². The highest BCUT2D eigenvalue weighted by molar-refractivity contribution is 7.12. The summed E-state index contributed by atoms with van der Waals surface area (Å²) in [6.07, 6.45) is 0. The molecule has 20 heavy (non-hydrogen) atoms. The van der Waals surface area contributed by atoms with E-state index in [0.29, 0.717) is 13.2 Å². The van der Waals surface area contributed by atoms with Crippen LogP contribution in [0.1, 0.15) is 28.2 Å². The second-order valence-electron chi connectivity index (χ2n) is 4.58. The van der Waals surface area contributed by atoms with Crippen molar-refractivity contribution in [2.45, 2.75) is 13.0 Å². The van der Waals surface area contributed by atoms with E-state index in [-0.39, 0.29) is 11.9 Å². The third-order valence-corrected chi connectivity index (χ3v) is 4.03. The summed E-state index contributed by atoms with van der Waals surface area (Å²) in [6, 6.07) is 9.36. The van der Waals surface area contributed by atoms with Crippen molar-refractivity contribution in [2.24, 2.45) is 0 Å². The summed E-state index contributed by atoms with van der Waals surface area (Å²) < 4.78 is 11.0. The molecule has 0 saturated heterocycles. The van der Waals surface area contributed by atoms with Crippen molar-refractivity contribution in [3.8, 4) is 11.5 Å². The van der Waals surface area contributed by atoms with Gasteiger partial charge in [0.25, 0.3) is 5.91 Å². The summed E-state index contributed by atoms with van der Waals surface area (Å²) in [5.41, 5.74) is 0.999. The van der Waals surface area contributed by atoms with Gasteiger partial charge < -0.3 is 14.8 Å².